The number of nitrogens with one attached hydrogen (secondary N) is 1. The predicted molar refractivity (Wildman–Crippen MR) is 63.6 cm³/mol. The SMILES string of the molecule is Clc1ccc([C@@H](C2CC2)N2CCNCC2)o1. The van der Waals surface area contributed by atoms with Crippen LogP contribution < -0.4 is 5.32 Å². The molecule has 2 aliphatic rings. The molecule has 16 heavy (non-hydrogen) atoms. The molecule has 2 heterocycles. The largest absolute Gasteiger partial charge is 0.448 e. The normalized spacial score (nSPS) is 24.6. The van der Waals surface area contributed by atoms with Gasteiger partial charge in [0.25, 0.3) is 0 Å². The highest BCUT2D eigenvalue weighted by Crippen LogP contribution is 2.45. The summed E-state index contributed by atoms with van der Waals surface area (Å²) in [5.41, 5.74) is 0. The van der Waals surface area contributed by atoms with E-state index in [-0.39, 0.29) is 0 Å². The molecule has 1 atom stereocenters. The van der Waals surface area contributed by atoms with Gasteiger partial charge < -0.3 is 9.73 Å². The van der Waals surface area contributed by atoms with Gasteiger partial charge in [0.05, 0.1) is 6.04 Å². The van der Waals surface area contributed by atoms with Crippen molar-refractivity contribution in [3.63, 3.8) is 0 Å². The Morgan fingerprint density at radius 2 is 2.06 bits per heavy atom. The third-order valence-electron chi connectivity index (χ3n) is 3.50. The van der Waals surface area contributed by atoms with E-state index in [2.05, 4.69) is 10.2 Å². The lowest BCUT2D eigenvalue weighted by molar-refractivity contribution is 0.137. The number of nitrogens with zero attached hydrogens (tertiary/aromatic N) is 1. The van der Waals surface area contributed by atoms with Crippen molar-refractivity contribution >= 4 is 11.6 Å². The smallest absolute Gasteiger partial charge is 0.193 e. The first-order valence-electron chi connectivity index (χ1n) is 6.04. The van der Waals surface area contributed by atoms with E-state index in [9.17, 15) is 0 Å². The summed E-state index contributed by atoms with van der Waals surface area (Å²) in [6.07, 6.45) is 2.65. The average molecular weight is 241 g/mol. The fourth-order valence-electron chi connectivity index (χ4n) is 2.57. The molecule has 1 saturated carbocycles. The Kier molecular flexibility index (Phi) is 2.92. The second-order valence-corrected chi connectivity index (χ2v) is 5.08. The first kappa shape index (κ1) is 10.6. The molecule has 0 unspecified atom stereocenters. The number of rotatable bonds is 3. The standard InChI is InChI=1S/C12H17ClN2O/c13-11-4-3-10(16-11)12(9-1-2-9)15-7-5-14-6-8-15/h3-4,9,12,14H,1-2,5-8H2/t12-/m1/s1. The topological polar surface area (TPSA) is 28.4 Å². The van der Waals surface area contributed by atoms with E-state index in [0.29, 0.717) is 11.3 Å². The van der Waals surface area contributed by atoms with E-state index in [0.717, 1.165) is 37.9 Å². The molecule has 1 aliphatic carbocycles. The van der Waals surface area contributed by atoms with Crippen molar-refractivity contribution in [3.8, 4) is 0 Å². The summed E-state index contributed by atoms with van der Waals surface area (Å²) in [7, 11) is 0. The van der Waals surface area contributed by atoms with E-state index in [1.807, 2.05) is 12.1 Å². The van der Waals surface area contributed by atoms with Gasteiger partial charge in [-0.2, -0.15) is 0 Å². The molecule has 0 radical (unpaired) electrons. The van der Waals surface area contributed by atoms with Crippen LogP contribution in [-0.2, 0) is 0 Å². The van der Waals surface area contributed by atoms with Crippen LogP contribution in [0.25, 0.3) is 0 Å². The maximum absolute atomic E-state index is 5.87. The molecule has 1 N–H and O–H groups in total. The minimum Gasteiger partial charge on any atom is -0.448 e. The van der Waals surface area contributed by atoms with Crippen LogP contribution >= 0.6 is 11.6 Å². The summed E-state index contributed by atoms with van der Waals surface area (Å²) < 4.78 is 5.60. The molecule has 0 aromatic carbocycles. The Morgan fingerprint density at radius 3 is 2.62 bits per heavy atom. The van der Waals surface area contributed by atoms with E-state index in [1.165, 1.54) is 12.8 Å². The Balaban J connectivity index is 1.79. The first-order chi connectivity index (χ1) is 7.84. The third kappa shape index (κ3) is 2.12. The average Bonchev–Trinajstić information content (AvgIpc) is 3.04. The molecule has 3 rings (SSSR count). The second-order valence-electron chi connectivity index (χ2n) is 4.71. The molecular weight excluding hydrogens is 224 g/mol. The van der Waals surface area contributed by atoms with Crippen LogP contribution in [0.2, 0.25) is 5.22 Å². The monoisotopic (exact) mass is 240 g/mol. The van der Waals surface area contributed by atoms with Crippen LogP contribution in [0.4, 0.5) is 0 Å². The van der Waals surface area contributed by atoms with Crippen molar-refractivity contribution < 1.29 is 4.42 Å². The molecule has 0 amide bonds. The van der Waals surface area contributed by atoms with Gasteiger partial charge in [-0.1, -0.05) is 0 Å². The molecule has 1 aromatic rings. The maximum atomic E-state index is 5.87. The summed E-state index contributed by atoms with van der Waals surface area (Å²) >= 11 is 5.87. The fraction of sp³-hybridized carbons (Fsp3) is 0.667. The van der Waals surface area contributed by atoms with E-state index in [1.54, 1.807) is 0 Å². The van der Waals surface area contributed by atoms with Gasteiger partial charge in [0, 0.05) is 26.2 Å². The number of furan rings is 1. The lowest BCUT2D eigenvalue weighted by Crippen LogP contribution is -2.45. The summed E-state index contributed by atoms with van der Waals surface area (Å²) in [5.74, 6) is 1.83. The molecule has 1 aliphatic heterocycles. The Bertz CT molecular complexity index is 356. The molecular formula is C12H17ClN2O. The predicted octanol–water partition coefficient (Wildman–Crippen LogP) is 2.29. The van der Waals surface area contributed by atoms with Crippen molar-refractivity contribution in [2.75, 3.05) is 26.2 Å². The van der Waals surface area contributed by atoms with Crippen LogP contribution in [0.1, 0.15) is 24.6 Å². The van der Waals surface area contributed by atoms with Crippen LogP contribution in [0.5, 0.6) is 0 Å². The minimum atomic E-state index is 0.453. The van der Waals surface area contributed by atoms with Gasteiger partial charge in [-0.05, 0) is 42.5 Å². The highest BCUT2D eigenvalue weighted by Gasteiger charge is 2.38. The summed E-state index contributed by atoms with van der Waals surface area (Å²) in [6.45, 7) is 4.38. The number of hydrogen-bond acceptors (Lipinski definition) is 3. The van der Waals surface area contributed by atoms with Gasteiger partial charge in [-0.25, -0.2) is 0 Å². The number of hydrogen-bond donors (Lipinski definition) is 1. The lowest BCUT2D eigenvalue weighted by atomic mass is 10.1. The van der Waals surface area contributed by atoms with Crippen LogP contribution in [-0.4, -0.2) is 31.1 Å². The van der Waals surface area contributed by atoms with Crippen LogP contribution in [0.3, 0.4) is 0 Å². The van der Waals surface area contributed by atoms with Crippen molar-refractivity contribution in [1.82, 2.24) is 10.2 Å². The second kappa shape index (κ2) is 4.40. The number of halogens is 1. The molecule has 4 heteroatoms. The van der Waals surface area contributed by atoms with E-state index in [4.69, 9.17) is 16.0 Å². The third-order valence-corrected chi connectivity index (χ3v) is 3.70. The molecule has 0 spiro atoms. The summed E-state index contributed by atoms with van der Waals surface area (Å²) in [5, 5.41) is 3.90. The Morgan fingerprint density at radius 1 is 1.31 bits per heavy atom. The molecule has 1 saturated heterocycles. The lowest BCUT2D eigenvalue weighted by Gasteiger charge is -2.33. The van der Waals surface area contributed by atoms with Gasteiger partial charge in [-0.3, -0.25) is 4.90 Å². The highest BCUT2D eigenvalue weighted by molar-refractivity contribution is 6.28. The quantitative estimate of drug-likeness (QED) is 0.879. The van der Waals surface area contributed by atoms with Crippen molar-refractivity contribution in [2.24, 2.45) is 5.92 Å². The first-order valence-corrected chi connectivity index (χ1v) is 6.42. The van der Waals surface area contributed by atoms with Crippen LogP contribution in [0.15, 0.2) is 16.5 Å². The Labute approximate surface area is 101 Å². The fourth-order valence-corrected chi connectivity index (χ4v) is 2.72. The van der Waals surface area contributed by atoms with Crippen molar-refractivity contribution in [3.05, 3.63) is 23.1 Å². The van der Waals surface area contributed by atoms with Gasteiger partial charge in [0.15, 0.2) is 5.22 Å². The van der Waals surface area contributed by atoms with E-state index >= 15 is 0 Å². The molecule has 3 nitrogen and oxygen atoms in total. The van der Waals surface area contributed by atoms with Gasteiger partial charge in [0.2, 0.25) is 0 Å². The van der Waals surface area contributed by atoms with Crippen LogP contribution in [0, 0.1) is 5.92 Å². The van der Waals surface area contributed by atoms with Gasteiger partial charge in [0.1, 0.15) is 5.76 Å². The van der Waals surface area contributed by atoms with Crippen molar-refractivity contribution in [2.45, 2.75) is 18.9 Å². The molecule has 2 fully saturated rings. The highest BCUT2D eigenvalue weighted by atomic mass is 35.5. The summed E-state index contributed by atoms with van der Waals surface area (Å²) in [4.78, 5) is 2.53. The Hall–Kier alpha value is -0.510. The maximum Gasteiger partial charge on any atom is 0.193 e. The zero-order valence-electron chi connectivity index (χ0n) is 9.29. The minimum absolute atomic E-state index is 0.453. The molecule has 88 valence electrons. The van der Waals surface area contributed by atoms with E-state index < -0.39 is 0 Å². The molecule has 1 aromatic heterocycles. The van der Waals surface area contributed by atoms with Gasteiger partial charge >= 0.3 is 0 Å². The zero-order chi connectivity index (χ0) is 11.0. The summed E-state index contributed by atoms with van der Waals surface area (Å²) in [6, 6.07) is 4.34. The number of piperazine rings is 1. The molecule has 0 bridgehead atoms. The van der Waals surface area contributed by atoms with Gasteiger partial charge in [-0.15, -0.1) is 0 Å². The van der Waals surface area contributed by atoms with Crippen molar-refractivity contribution in [1.29, 1.82) is 0 Å². The zero-order valence-corrected chi connectivity index (χ0v) is 10.0.